The Bertz CT molecular complexity index is 1090. The normalized spacial score (nSPS) is 11.2. The molecule has 1 heterocycles. The molecule has 1 aromatic heterocycles. The van der Waals surface area contributed by atoms with Crippen LogP contribution in [0.3, 0.4) is 0 Å². The minimum Gasteiger partial charge on any atom is -0.326 e. The number of hydrogen-bond donors (Lipinski definition) is 2. The number of aromatic nitrogens is 1. The molecule has 2 N–H and O–H groups in total. The van der Waals surface area contributed by atoms with Crippen LogP contribution < -0.4 is 10.6 Å². The van der Waals surface area contributed by atoms with Crippen molar-refractivity contribution in [1.82, 2.24) is 4.98 Å². The standard InChI is InChI=1S/C23H24FN3O2S/c1-14-8-9-17(26-22(29)23(2,3)4)11-19(14)27-20(28)12-18-13-30-21(25-18)15-6-5-7-16(24)10-15/h5-11,13H,12H2,1-4H3,(H,26,29)(H,27,28). The largest absolute Gasteiger partial charge is 0.326 e. The Hall–Kier alpha value is -3.06. The first-order chi connectivity index (χ1) is 14.1. The summed E-state index contributed by atoms with van der Waals surface area (Å²) in [4.78, 5) is 29.2. The number of benzene rings is 2. The summed E-state index contributed by atoms with van der Waals surface area (Å²) in [6.45, 7) is 7.40. The number of carbonyl (C=O) groups excluding carboxylic acids is 2. The molecule has 5 nitrogen and oxygen atoms in total. The monoisotopic (exact) mass is 425 g/mol. The third kappa shape index (κ3) is 5.51. The summed E-state index contributed by atoms with van der Waals surface area (Å²) in [6, 6.07) is 11.6. The van der Waals surface area contributed by atoms with Gasteiger partial charge in [-0.25, -0.2) is 9.37 Å². The molecule has 0 unspecified atom stereocenters. The molecule has 0 saturated carbocycles. The molecular formula is C23H24FN3O2S. The summed E-state index contributed by atoms with van der Waals surface area (Å²) in [5, 5.41) is 8.22. The third-order valence-corrected chi connectivity index (χ3v) is 5.36. The molecule has 0 saturated heterocycles. The van der Waals surface area contributed by atoms with E-state index >= 15 is 0 Å². The van der Waals surface area contributed by atoms with Gasteiger partial charge in [0.1, 0.15) is 10.8 Å². The topological polar surface area (TPSA) is 71.1 Å². The van der Waals surface area contributed by atoms with Crippen molar-refractivity contribution in [2.75, 3.05) is 10.6 Å². The average Bonchev–Trinajstić information content (AvgIpc) is 3.12. The van der Waals surface area contributed by atoms with Crippen molar-refractivity contribution >= 4 is 34.5 Å². The smallest absolute Gasteiger partial charge is 0.230 e. The van der Waals surface area contributed by atoms with E-state index in [1.54, 1.807) is 29.6 Å². The lowest BCUT2D eigenvalue weighted by molar-refractivity contribution is -0.123. The van der Waals surface area contributed by atoms with Crippen LogP contribution in [0.1, 0.15) is 32.0 Å². The fourth-order valence-corrected chi connectivity index (χ4v) is 3.47. The number of nitrogens with one attached hydrogen (secondary N) is 2. The maximum atomic E-state index is 13.4. The van der Waals surface area contributed by atoms with Gasteiger partial charge in [-0.2, -0.15) is 0 Å². The van der Waals surface area contributed by atoms with E-state index in [9.17, 15) is 14.0 Å². The van der Waals surface area contributed by atoms with Gasteiger partial charge in [0.2, 0.25) is 11.8 Å². The van der Waals surface area contributed by atoms with Crippen LogP contribution in [-0.4, -0.2) is 16.8 Å². The molecular weight excluding hydrogens is 401 g/mol. The van der Waals surface area contributed by atoms with Crippen molar-refractivity contribution in [3.05, 3.63) is 64.9 Å². The van der Waals surface area contributed by atoms with Crippen LogP contribution >= 0.6 is 11.3 Å². The van der Waals surface area contributed by atoms with E-state index in [0.717, 1.165) is 5.56 Å². The fraction of sp³-hybridized carbons (Fsp3) is 0.261. The highest BCUT2D eigenvalue weighted by molar-refractivity contribution is 7.13. The van der Waals surface area contributed by atoms with E-state index in [1.165, 1.54) is 23.5 Å². The molecule has 3 rings (SSSR count). The molecule has 2 aromatic carbocycles. The Morgan fingerprint density at radius 3 is 2.57 bits per heavy atom. The highest BCUT2D eigenvalue weighted by Gasteiger charge is 2.21. The second-order valence-electron chi connectivity index (χ2n) is 8.11. The van der Waals surface area contributed by atoms with Crippen LogP contribution in [0.2, 0.25) is 0 Å². The van der Waals surface area contributed by atoms with Gasteiger partial charge in [0.15, 0.2) is 0 Å². The average molecular weight is 426 g/mol. The Labute approximate surface area is 179 Å². The Balaban J connectivity index is 1.68. The van der Waals surface area contributed by atoms with E-state index < -0.39 is 5.41 Å². The molecule has 156 valence electrons. The lowest BCUT2D eigenvalue weighted by Gasteiger charge is -2.18. The molecule has 0 aliphatic carbocycles. The molecule has 0 aliphatic rings. The lowest BCUT2D eigenvalue weighted by Crippen LogP contribution is -2.27. The predicted molar refractivity (Wildman–Crippen MR) is 119 cm³/mol. The van der Waals surface area contributed by atoms with E-state index in [1.807, 2.05) is 33.8 Å². The Morgan fingerprint density at radius 2 is 1.87 bits per heavy atom. The Morgan fingerprint density at radius 1 is 1.10 bits per heavy atom. The van der Waals surface area contributed by atoms with Crippen molar-refractivity contribution in [3.8, 4) is 10.6 Å². The molecule has 0 fully saturated rings. The van der Waals surface area contributed by atoms with Gasteiger partial charge in [0, 0.05) is 27.7 Å². The molecule has 0 atom stereocenters. The molecule has 0 aliphatic heterocycles. The molecule has 0 bridgehead atoms. The summed E-state index contributed by atoms with van der Waals surface area (Å²) in [5.41, 5.74) is 2.93. The third-order valence-electron chi connectivity index (χ3n) is 4.42. The van der Waals surface area contributed by atoms with Crippen molar-refractivity contribution in [3.63, 3.8) is 0 Å². The number of rotatable bonds is 5. The summed E-state index contributed by atoms with van der Waals surface area (Å²) in [6.07, 6.45) is 0.101. The van der Waals surface area contributed by atoms with Crippen molar-refractivity contribution in [2.45, 2.75) is 34.1 Å². The van der Waals surface area contributed by atoms with Gasteiger partial charge in [0.05, 0.1) is 12.1 Å². The number of hydrogen-bond acceptors (Lipinski definition) is 4. The van der Waals surface area contributed by atoms with Crippen molar-refractivity contribution in [2.24, 2.45) is 5.41 Å². The number of anilines is 2. The van der Waals surface area contributed by atoms with Gasteiger partial charge >= 0.3 is 0 Å². The van der Waals surface area contributed by atoms with E-state index in [-0.39, 0.29) is 24.1 Å². The summed E-state index contributed by atoms with van der Waals surface area (Å²) in [5.74, 6) is -0.639. The lowest BCUT2D eigenvalue weighted by atomic mass is 9.95. The Kier molecular flexibility index (Phi) is 6.31. The van der Waals surface area contributed by atoms with Crippen molar-refractivity contribution in [1.29, 1.82) is 0 Å². The van der Waals surface area contributed by atoms with Crippen LogP contribution in [0.25, 0.3) is 10.6 Å². The summed E-state index contributed by atoms with van der Waals surface area (Å²) < 4.78 is 13.4. The van der Waals surface area contributed by atoms with Gasteiger partial charge in [-0.15, -0.1) is 11.3 Å². The number of nitrogens with zero attached hydrogens (tertiary/aromatic N) is 1. The first kappa shape index (κ1) is 21.6. The van der Waals surface area contributed by atoms with E-state index in [4.69, 9.17) is 0 Å². The number of carbonyl (C=O) groups is 2. The summed E-state index contributed by atoms with van der Waals surface area (Å²) in [7, 11) is 0. The fourth-order valence-electron chi connectivity index (χ4n) is 2.65. The number of halogens is 1. The first-order valence-electron chi connectivity index (χ1n) is 9.54. The first-order valence-corrected chi connectivity index (χ1v) is 10.4. The van der Waals surface area contributed by atoms with Crippen molar-refractivity contribution < 1.29 is 14.0 Å². The number of amides is 2. The SMILES string of the molecule is Cc1ccc(NC(=O)C(C)(C)C)cc1NC(=O)Cc1csc(-c2cccc(F)c2)n1. The van der Waals surface area contributed by atoms with E-state index in [0.29, 0.717) is 27.6 Å². The number of thiazole rings is 1. The zero-order valence-electron chi connectivity index (χ0n) is 17.4. The van der Waals surface area contributed by atoms with Gasteiger partial charge in [-0.05, 0) is 36.8 Å². The minimum atomic E-state index is -0.516. The molecule has 30 heavy (non-hydrogen) atoms. The van der Waals surface area contributed by atoms with Crippen LogP contribution in [0.4, 0.5) is 15.8 Å². The number of aryl methyl sites for hydroxylation is 1. The van der Waals surface area contributed by atoms with Gasteiger partial charge < -0.3 is 10.6 Å². The zero-order chi connectivity index (χ0) is 21.9. The molecule has 0 spiro atoms. The second kappa shape index (κ2) is 8.75. The molecule has 2 amide bonds. The zero-order valence-corrected chi connectivity index (χ0v) is 18.2. The predicted octanol–water partition coefficient (Wildman–Crippen LogP) is 5.42. The highest BCUT2D eigenvalue weighted by Crippen LogP contribution is 2.26. The van der Waals surface area contributed by atoms with Crippen LogP contribution in [0.5, 0.6) is 0 Å². The van der Waals surface area contributed by atoms with Crippen LogP contribution in [0, 0.1) is 18.2 Å². The van der Waals surface area contributed by atoms with Crippen LogP contribution in [0.15, 0.2) is 47.8 Å². The highest BCUT2D eigenvalue weighted by atomic mass is 32.1. The van der Waals surface area contributed by atoms with E-state index in [2.05, 4.69) is 15.6 Å². The maximum Gasteiger partial charge on any atom is 0.230 e. The van der Waals surface area contributed by atoms with Gasteiger partial charge in [0.25, 0.3) is 0 Å². The maximum absolute atomic E-state index is 13.4. The molecule has 7 heteroatoms. The van der Waals surface area contributed by atoms with Gasteiger partial charge in [-0.1, -0.05) is 39.0 Å². The molecule has 0 radical (unpaired) electrons. The minimum absolute atomic E-state index is 0.101. The van der Waals surface area contributed by atoms with Crippen LogP contribution in [-0.2, 0) is 16.0 Å². The van der Waals surface area contributed by atoms with Gasteiger partial charge in [-0.3, -0.25) is 9.59 Å². The summed E-state index contributed by atoms with van der Waals surface area (Å²) >= 11 is 1.37. The quantitative estimate of drug-likeness (QED) is 0.573. The molecule has 3 aromatic rings. The second-order valence-corrected chi connectivity index (χ2v) is 8.97.